The van der Waals surface area contributed by atoms with Gasteiger partial charge in [-0.2, -0.15) is 0 Å². The number of nitrogens with one attached hydrogen (secondary N) is 1. The largest absolute Gasteiger partial charge is 0.491 e. The van der Waals surface area contributed by atoms with Crippen molar-refractivity contribution in [2.45, 2.75) is 25.0 Å². The first-order chi connectivity index (χ1) is 12.6. The van der Waals surface area contributed by atoms with Crippen molar-refractivity contribution < 1.29 is 9.84 Å². The van der Waals surface area contributed by atoms with Crippen LogP contribution >= 0.6 is 23.2 Å². The summed E-state index contributed by atoms with van der Waals surface area (Å²) < 4.78 is 5.62. The average Bonchev–Trinajstić information content (AvgIpc) is 2.65. The number of anilines is 1. The highest BCUT2D eigenvalue weighted by Crippen LogP contribution is 2.26. The van der Waals surface area contributed by atoms with E-state index in [9.17, 15) is 5.11 Å². The number of nitrogens with zero attached hydrogens (tertiary/aromatic N) is 1. The van der Waals surface area contributed by atoms with Gasteiger partial charge in [0, 0.05) is 31.4 Å². The lowest BCUT2D eigenvalue weighted by molar-refractivity contribution is 0.0605. The number of benzene rings is 2. The molecule has 0 amide bonds. The van der Waals surface area contributed by atoms with E-state index in [0.717, 1.165) is 37.4 Å². The van der Waals surface area contributed by atoms with Gasteiger partial charge in [-0.25, -0.2) is 0 Å². The second kappa shape index (κ2) is 9.47. The van der Waals surface area contributed by atoms with Gasteiger partial charge in [0.1, 0.15) is 18.5 Å². The van der Waals surface area contributed by atoms with Crippen molar-refractivity contribution >= 4 is 28.9 Å². The molecule has 0 bridgehead atoms. The third-order valence-electron chi connectivity index (χ3n) is 4.53. The number of rotatable bonds is 7. The van der Waals surface area contributed by atoms with Crippen molar-refractivity contribution in [3.63, 3.8) is 0 Å². The number of aliphatic hydroxyl groups excluding tert-OH is 1. The van der Waals surface area contributed by atoms with Crippen LogP contribution < -0.4 is 10.1 Å². The van der Waals surface area contributed by atoms with Gasteiger partial charge in [0.15, 0.2) is 0 Å². The Morgan fingerprint density at radius 3 is 2.50 bits per heavy atom. The second-order valence-corrected chi connectivity index (χ2v) is 7.44. The summed E-state index contributed by atoms with van der Waals surface area (Å²) in [4.78, 5) is 2.28. The van der Waals surface area contributed by atoms with Gasteiger partial charge >= 0.3 is 0 Å². The molecule has 140 valence electrons. The number of hydrogen-bond donors (Lipinski definition) is 2. The van der Waals surface area contributed by atoms with E-state index in [4.69, 9.17) is 27.9 Å². The number of piperidine rings is 1. The Labute approximate surface area is 164 Å². The van der Waals surface area contributed by atoms with E-state index in [1.165, 1.54) is 0 Å². The summed E-state index contributed by atoms with van der Waals surface area (Å²) in [6.45, 7) is 2.83. The number of halogens is 2. The van der Waals surface area contributed by atoms with Gasteiger partial charge in [-0.05, 0) is 43.2 Å². The van der Waals surface area contributed by atoms with Crippen LogP contribution in [0.3, 0.4) is 0 Å². The number of para-hydroxylation sites is 1. The normalized spacial score (nSPS) is 17.0. The molecule has 0 aromatic heterocycles. The van der Waals surface area contributed by atoms with Crippen LogP contribution in [0.15, 0.2) is 48.5 Å². The fraction of sp³-hybridized carbons (Fsp3) is 0.400. The highest BCUT2D eigenvalue weighted by atomic mass is 35.5. The molecule has 1 saturated heterocycles. The van der Waals surface area contributed by atoms with Gasteiger partial charge in [-0.1, -0.05) is 41.4 Å². The van der Waals surface area contributed by atoms with Gasteiger partial charge in [0.25, 0.3) is 0 Å². The van der Waals surface area contributed by atoms with Crippen LogP contribution in [0.25, 0.3) is 0 Å². The fourth-order valence-electron chi connectivity index (χ4n) is 3.14. The van der Waals surface area contributed by atoms with Crippen LogP contribution in [-0.4, -0.2) is 48.4 Å². The van der Waals surface area contributed by atoms with Gasteiger partial charge in [-0.15, -0.1) is 0 Å². The molecular weight excluding hydrogens is 371 g/mol. The monoisotopic (exact) mass is 394 g/mol. The molecule has 4 nitrogen and oxygen atoms in total. The Balaban J connectivity index is 1.38. The van der Waals surface area contributed by atoms with Crippen LogP contribution in [0, 0.1) is 0 Å². The van der Waals surface area contributed by atoms with Gasteiger partial charge in [-0.3, -0.25) is 0 Å². The molecule has 3 rings (SSSR count). The quantitative estimate of drug-likeness (QED) is 0.734. The molecular formula is C20H24Cl2N2O2. The Kier molecular flexibility index (Phi) is 7.03. The second-order valence-electron chi connectivity index (χ2n) is 6.63. The van der Waals surface area contributed by atoms with Gasteiger partial charge < -0.3 is 20.1 Å². The molecule has 1 fully saturated rings. The Hall–Kier alpha value is -1.46. The average molecular weight is 395 g/mol. The predicted molar refractivity (Wildman–Crippen MR) is 107 cm³/mol. The lowest BCUT2D eigenvalue weighted by Gasteiger charge is -2.34. The zero-order valence-corrected chi connectivity index (χ0v) is 16.1. The standard InChI is InChI=1S/C20H24Cl2N2O2/c21-19-7-6-16(12-20(19)22)23-15-8-10-24(11-9-15)13-17(25)14-26-18-4-2-1-3-5-18/h1-7,12,15,17,23,25H,8-11,13-14H2. The molecule has 1 aliphatic heterocycles. The summed E-state index contributed by atoms with van der Waals surface area (Å²) in [5.41, 5.74) is 0.995. The molecule has 2 N–H and O–H groups in total. The SMILES string of the molecule is OC(COc1ccccc1)CN1CCC(Nc2ccc(Cl)c(Cl)c2)CC1. The van der Waals surface area contributed by atoms with E-state index < -0.39 is 6.10 Å². The maximum absolute atomic E-state index is 10.2. The van der Waals surface area contributed by atoms with Crippen LogP contribution in [0.1, 0.15) is 12.8 Å². The Bertz CT molecular complexity index is 691. The maximum atomic E-state index is 10.2. The van der Waals surface area contributed by atoms with Crippen molar-refractivity contribution in [1.29, 1.82) is 0 Å². The zero-order valence-electron chi connectivity index (χ0n) is 14.6. The minimum absolute atomic E-state index is 0.311. The number of β-amino-alcohol motifs (C(OH)–C–C–N with tert-alkyl or cyclic N) is 1. The third kappa shape index (κ3) is 5.78. The van der Waals surface area contributed by atoms with E-state index in [0.29, 0.717) is 29.2 Å². The van der Waals surface area contributed by atoms with E-state index in [1.807, 2.05) is 48.5 Å². The predicted octanol–water partition coefficient (Wildman–Crippen LogP) is 4.31. The molecule has 2 aromatic rings. The van der Waals surface area contributed by atoms with Crippen molar-refractivity contribution in [1.82, 2.24) is 4.90 Å². The molecule has 0 saturated carbocycles. The summed E-state index contributed by atoms with van der Waals surface area (Å²) in [7, 11) is 0. The lowest BCUT2D eigenvalue weighted by Crippen LogP contribution is -2.43. The highest BCUT2D eigenvalue weighted by molar-refractivity contribution is 6.42. The van der Waals surface area contributed by atoms with Crippen LogP contribution in [0.2, 0.25) is 10.0 Å². The number of aliphatic hydroxyl groups is 1. The van der Waals surface area contributed by atoms with E-state index in [-0.39, 0.29) is 0 Å². The minimum Gasteiger partial charge on any atom is -0.491 e. The first kappa shape index (κ1) is 19.3. The minimum atomic E-state index is -0.491. The molecule has 0 spiro atoms. The molecule has 26 heavy (non-hydrogen) atoms. The molecule has 2 aromatic carbocycles. The fourth-order valence-corrected chi connectivity index (χ4v) is 3.44. The topological polar surface area (TPSA) is 44.7 Å². The number of ether oxygens (including phenoxy) is 1. The van der Waals surface area contributed by atoms with Crippen LogP contribution in [-0.2, 0) is 0 Å². The number of hydrogen-bond acceptors (Lipinski definition) is 4. The van der Waals surface area contributed by atoms with Crippen molar-refractivity contribution in [2.75, 3.05) is 31.6 Å². The van der Waals surface area contributed by atoms with Crippen molar-refractivity contribution in [2.24, 2.45) is 0 Å². The summed E-state index contributed by atoms with van der Waals surface area (Å²) in [5, 5.41) is 14.9. The third-order valence-corrected chi connectivity index (χ3v) is 5.27. The zero-order chi connectivity index (χ0) is 18.4. The number of likely N-dealkylation sites (tertiary alicyclic amines) is 1. The Morgan fingerprint density at radius 1 is 1.08 bits per heavy atom. The van der Waals surface area contributed by atoms with Crippen LogP contribution in [0.4, 0.5) is 5.69 Å². The van der Waals surface area contributed by atoms with Gasteiger partial charge in [0.2, 0.25) is 0 Å². The molecule has 1 unspecified atom stereocenters. The molecule has 0 aliphatic carbocycles. The summed E-state index contributed by atoms with van der Waals surface area (Å²) >= 11 is 12.0. The maximum Gasteiger partial charge on any atom is 0.119 e. The Morgan fingerprint density at radius 2 is 1.81 bits per heavy atom. The lowest BCUT2D eigenvalue weighted by atomic mass is 10.0. The van der Waals surface area contributed by atoms with E-state index in [2.05, 4.69) is 10.2 Å². The first-order valence-electron chi connectivity index (χ1n) is 8.90. The smallest absolute Gasteiger partial charge is 0.119 e. The molecule has 6 heteroatoms. The molecule has 1 heterocycles. The van der Waals surface area contributed by atoms with E-state index in [1.54, 1.807) is 0 Å². The summed E-state index contributed by atoms with van der Waals surface area (Å²) in [5.74, 6) is 0.788. The van der Waals surface area contributed by atoms with Crippen molar-refractivity contribution in [3.05, 3.63) is 58.6 Å². The summed E-state index contributed by atoms with van der Waals surface area (Å²) in [6.07, 6.45) is 1.55. The molecule has 1 atom stereocenters. The first-order valence-corrected chi connectivity index (χ1v) is 9.65. The highest BCUT2D eigenvalue weighted by Gasteiger charge is 2.21. The van der Waals surface area contributed by atoms with Crippen molar-refractivity contribution in [3.8, 4) is 5.75 Å². The molecule has 1 aliphatic rings. The molecule has 0 radical (unpaired) electrons. The van der Waals surface area contributed by atoms with Crippen LogP contribution in [0.5, 0.6) is 5.75 Å². The van der Waals surface area contributed by atoms with Gasteiger partial charge in [0.05, 0.1) is 10.0 Å². The summed E-state index contributed by atoms with van der Waals surface area (Å²) in [6, 6.07) is 15.6. The van der Waals surface area contributed by atoms with E-state index >= 15 is 0 Å².